The van der Waals surface area contributed by atoms with Gasteiger partial charge in [-0.3, -0.25) is 4.79 Å². The van der Waals surface area contributed by atoms with Crippen LogP contribution >= 0.6 is 0 Å². The van der Waals surface area contributed by atoms with Gasteiger partial charge in [0, 0.05) is 6.61 Å². The van der Waals surface area contributed by atoms with Crippen molar-refractivity contribution in [3.8, 4) is 0 Å². The second-order valence-electron chi connectivity index (χ2n) is 2.48. The van der Waals surface area contributed by atoms with E-state index in [1.54, 1.807) is 6.92 Å². The molecule has 3 nitrogen and oxygen atoms in total. The Labute approximate surface area is 60.7 Å². The van der Waals surface area contributed by atoms with Crippen molar-refractivity contribution in [3.05, 3.63) is 0 Å². The molecule has 2 N–H and O–H groups in total. The van der Waals surface area contributed by atoms with Gasteiger partial charge in [0.25, 0.3) is 0 Å². The van der Waals surface area contributed by atoms with Crippen molar-refractivity contribution in [2.75, 3.05) is 6.61 Å². The van der Waals surface area contributed by atoms with Gasteiger partial charge < -0.3 is 10.2 Å². The number of carboxylic acids is 1. The Morgan fingerprint density at radius 2 is 2.10 bits per heavy atom. The fourth-order valence-corrected chi connectivity index (χ4v) is 0.842. The zero-order chi connectivity index (χ0) is 8.15. The molecule has 0 aromatic carbocycles. The van der Waals surface area contributed by atoms with E-state index < -0.39 is 11.9 Å². The van der Waals surface area contributed by atoms with Gasteiger partial charge in [-0.2, -0.15) is 0 Å². The molecule has 60 valence electrons. The quantitative estimate of drug-likeness (QED) is 0.614. The minimum atomic E-state index is -0.832. The topological polar surface area (TPSA) is 57.5 Å². The lowest BCUT2D eigenvalue weighted by Gasteiger charge is -2.15. The highest BCUT2D eigenvalue weighted by molar-refractivity contribution is 5.69. The zero-order valence-corrected chi connectivity index (χ0v) is 6.37. The fraction of sp³-hybridized carbons (Fsp3) is 0.857. The maximum Gasteiger partial charge on any atom is 0.306 e. The summed E-state index contributed by atoms with van der Waals surface area (Å²) in [5.41, 5.74) is 0. The summed E-state index contributed by atoms with van der Waals surface area (Å²) < 4.78 is 0. The highest BCUT2D eigenvalue weighted by Gasteiger charge is 2.20. The summed E-state index contributed by atoms with van der Waals surface area (Å²) in [6.07, 6.45) is 0.712. The summed E-state index contributed by atoms with van der Waals surface area (Å²) in [5, 5.41) is 17.2. The second-order valence-corrected chi connectivity index (χ2v) is 2.48. The molecule has 0 rings (SSSR count). The molecule has 0 saturated heterocycles. The van der Waals surface area contributed by atoms with Gasteiger partial charge in [0.15, 0.2) is 0 Å². The van der Waals surface area contributed by atoms with Crippen LogP contribution in [0.3, 0.4) is 0 Å². The van der Waals surface area contributed by atoms with E-state index in [1.807, 2.05) is 6.92 Å². The summed E-state index contributed by atoms with van der Waals surface area (Å²) >= 11 is 0. The van der Waals surface area contributed by atoms with Gasteiger partial charge in [-0.1, -0.05) is 20.3 Å². The summed E-state index contributed by atoms with van der Waals surface area (Å²) in [7, 11) is 0. The molecule has 0 aliphatic heterocycles. The Morgan fingerprint density at radius 1 is 1.60 bits per heavy atom. The molecule has 0 aliphatic carbocycles. The highest BCUT2D eigenvalue weighted by atomic mass is 16.4. The number of carboxylic acid groups (broad SMARTS) is 1. The third-order valence-electron chi connectivity index (χ3n) is 1.86. The van der Waals surface area contributed by atoms with E-state index >= 15 is 0 Å². The second kappa shape index (κ2) is 4.28. The van der Waals surface area contributed by atoms with Crippen molar-refractivity contribution < 1.29 is 15.0 Å². The maximum atomic E-state index is 10.3. The molecule has 0 aromatic heterocycles. The highest BCUT2D eigenvalue weighted by Crippen LogP contribution is 2.14. The molecule has 0 heterocycles. The van der Waals surface area contributed by atoms with Crippen LogP contribution in [0, 0.1) is 11.8 Å². The SMILES string of the molecule is CCC(CO)C(C)C(=O)O. The first-order chi connectivity index (χ1) is 4.63. The summed E-state index contributed by atoms with van der Waals surface area (Å²) in [4.78, 5) is 10.3. The molecule has 3 heteroatoms. The Morgan fingerprint density at radius 3 is 2.20 bits per heavy atom. The van der Waals surface area contributed by atoms with Crippen LogP contribution in [0.1, 0.15) is 20.3 Å². The summed E-state index contributed by atoms with van der Waals surface area (Å²) in [6.45, 7) is 3.46. The molecule has 10 heavy (non-hydrogen) atoms. The molecular weight excluding hydrogens is 132 g/mol. The largest absolute Gasteiger partial charge is 0.481 e. The molecule has 2 atom stereocenters. The molecule has 0 spiro atoms. The molecule has 0 aliphatic rings. The van der Waals surface area contributed by atoms with E-state index in [9.17, 15) is 4.79 Å². The fourth-order valence-electron chi connectivity index (χ4n) is 0.842. The molecule has 0 bridgehead atoms. The lowest BCUT2D eigenvalue weighted by molar-refractivity contribution is -0.143. The molecule has 0 amide bonds. The minimum Gasteiger partial charge on any atom is -0.481 e. The van der Waals surface area contributed by atoms with Gasteiger partial charge in [-0.25, -0.2) is 0 Å². The van der Waals surface area contributed by atoms with Gasteiger partial charge in [0.1, 0.15) is 0 Å². The van der Waals surface area contributed by atoms with Crippen LogP contribution in [0.15, 0.2) is 0 Å². The zero-order valence-electron chi connectivity index (χ0n) is 6.37. The van der Waals surface area contributed by atoms with Crippen molar-refractivity contribution in [1.82, 2.24) is 0 Å². The van der Waals surface area contributed by atoms with Crippen molar-refractivity contribution in [3.63, 3.8) is 0 Å². The van der Waals surface area contributed by atoms with E-state index in [-0.39, 0.29) is 12.5 Å². The molecule has 0 fully saturated rings. The normalized spacial score (nSPS) is 16.3. The van der Waals surface area contributed by atoms with Crippen LogP contribution < -0.4 is 0 Å². The molecule has 0 radical (unpaired) electrons. The average molecular weight is 146 g/mol. The number of hydrogen-bond donors (Lipinski definition) is 2. The standard InChI is InChI=1S/C7H14O3/c1-3-6(4-8)5(2)7(9)10/h5-6,8H,3-4H2,1-2H3,(H,9,10). The third-order valence-corrected chi connectivity index (χ3v) is 1.86. The first kappa shape index (κ1) is 9.43. The summed E-state index contributed by atoms with van der Waals surface area (Å²) in [6, 6.07) is 0. The molecule has 0 saturated carbocycles. The van der Waals surface area contributed by atoms with E-state index in [0.717, 1.165) is 0 Å². The van der Waals surface area contributed by atoms with Crippen molar-refractivity contribution in [2.45, 2.75) is 20.3 Å². The van der Waals surface area contributed by atoms with Crippen molar-refractivity contribution in [2.24, 2.45) is 11.8 Å². The monoisotopic (exact) mass is 146 g/mol. The average Bonchev–Trinajstić information content (AvgIpc) is 1.90. The first-order valence-corrected chi connectivity index (χ1v) is 3.47. The van der Waals surface area contributed by atoms with Crippen LogP contribution in [-0.2, 0) is 4.79 Å². The van der Waals surface area contributed by atoms with Gasteiger partial charge in [0.05, 0.1) is 5.92 Å². The van der Waals surface area contributed by atoms with Crippen LogP contribution in [0.5, 0.6) is 0 Å². The summed E-state index contributed by atoms with van der Waals surface area (Å²) in [5.74, 6) is -1.37. The predicted molar refractivity (Wildman–Crippen MR) is 37.7 cm³/mol. The minimum absolute atomic E-state index is 0.0377. The Hall–Kier alpha value is -0.570. The van der Waals surface area contributed by atoms with E-state index in [1.165, 1.54) is 0 Å². The smallest absolute Gasteiger partial charge is 0.306 e. The van der Waals surface area contributed by atoms with Crippen LogP contribution in [0.4, 0.5) is 0 Å². The molecule has 0 aromatic rings. The molecule has 2 unspecified atom stereocenters. The number of carbonyl (C=O) groups is 1. The van der Waals surface area contributed by atoms with Gasteiger partial charge in [-0.05, 0) is 5.92 Å². The van der Waals surface area contributed by atoms with Crippen LogP contribution in [0.25, 0.3) is 0 Å². The van der Waals surface area contributed by atoms with E-state index in [4.69, 9.17) is 10.2 Å². The molecular formula is C7H14O3. The van der Waals surface area contributed by atoms with E-state index in [0.29, 0.717) is 6.42 Å². The lowest BCUT2D eigenvalue weighted by Crippen LogP contribution is -2.22. The maximum absolute atomic E-state index is 10.3. The number of aliphatic carboxylic acids is 1. The van der Waals surface area contributed by atoms with Crippen molar-refractivity contribution in [1.29, 1.82) is 0 Å². The van der Waals surface area contributed by atoms with Crippen LogP contribution in [0.2, 0.25) is 0 Å². The van der Waals surface area contributed by atoms with Gasteiger partial charge >= 0.3 is 5.97 Å². The Balaban J connectivity index is 3.88. The predicted octanol–water partition coefficient (Wildman–Crippen LogP) is 0.726. The van der Waals surface area contributed by atoms with Gasteiger partial charge in [-0.15, -0.1) is 0 Å². The number of aliphatic hydroxyl groups excluding tert-OH is 1. The number of aliphatic hydroxyl groups is 1. The van der Waals surface area contributed by atoms with Gasteiger partial charge in [0.2, 0.25) is 0 Å². The van der Waals surface area contributed by atoms with Crippen LogP contribution in [-0.4, -0.2) is 22.8 Å². The number of rotatable bonds is 4. The third kappa shape index (κ3) is 2.35. The van der Waals surface area contributed by atoms with Crippen molar-refractivity contribution >= 4 is 5.97 Å². The first-order valence-electron chi connectivity index (χ1n) is 3.47. The number of hydrogen-bond acceptors (Lipinski definition) is 2. The Kier molecular flexibility index (Phi) is 4.03. The Bertz CT molecular complexity index is 107. The van der Waals surface area contributed by atoms with E-state index in [2.05, 4.69) is 0 Å². The lowest BCUT2D eigenvalue weighted by atomic mass is 9.93.